The zero-order valence-electron chi connectivity index (χ0n) is 6.75. The fourth-order valence-electron chi connectivity index (χ4n) is 0.910. The highest BCUT2D eigenvalue weighted by Gasteiger charge is 1.97. The molecule has 0 aliphatic heterocycles. The number of hydrogen-bond donors (Lipinski definition) is 1. The molecule has 0 unspecified atom stereocenters. The van der Waals surface area contributed by atoms with Crippen molar-refractivity contribution < 1.29 is 9.13 Å². The standard InChI is InChI=1S/C9H10FNO/c1-12-9-5-7(2-3-11)4-8(10)6-9/h2-6H,11H2,1H3/b3-2+. The summed E-state index contributed by atoms with van der Waals surface area (Å²) in [5, 5.41) is 0. The molecule has 1 aromatic carbocycles. The fraction of sp³-hybridized carbons (Fsp3) is 0.111. The first kappa shape index (κ1) is 8.59. The molecule has 0 spiro atoms. The van der Waals surface area contributed by atoms with Gasteiger partial charge in [0.1, 0.15) is 11.6 Å². The van der Waals surface area contributed by atoms with Crippen LogP contribution in [0.3, 0.4) is 0 Å². The van der Waals surface area contributed by atoms with E-state index in [0.717, 1.165) is 0 Å². The van der Waals surface area contributed by atoms with Crippen LogP contribution >= 0.6 is 0 Å². The molecule has 64 valence electrons. The van der Waals surface area contributed by atoms with Gasteiger partial charge in [-0.1, -0.05) is 0 Å². The van der Waals surface area contributed by atoms with Crippen molar-refractivity contribution in [2.45, 2.75) is 0 Å². The normalized spacial score (nSPS) is 10.5. The Labute approximate surface area is 70.5 Å². The van der Waals surface area contributed by atoms with Gasteiger partial charge in [-0.3, -0.25) is 0 Å². The second-order valence-electron chi connectivity index (χ2n) is 2.28. The van der Waals surface area contributed by atoms with Gasteiger partial charge in [-0.05, 0) is 30.0 Å². The Morgan fingerprint density at radius 3 is 2.75 bits per heavy atom. The minimum Gasteiger partial charge on any atom is -0.497 e. The van der Waals surface area contributed by atoms with Crippen LogP contribution in [0.25, 0.3) is 6.08 Å². The Kier molecular flexibility index (Phi) is 2.69. The Bertz CT molecular complexity index is 297. The van der Waals surface area contributed by atoms with Crippen LogP contribution in [0.4, 0.5) is 4.39 Å². The summed E-state index contributed by atoms with van der Waals surface area (Å²) in [6, 6.07) is 4.40. The predicted octanol–water partition coefficient (Wildman–Crippen LogP) is 1.76. The SMILES string of the molecule is COc1cc(F)cc(/C=C/N)c1. The number of hydrogen-bond acceptors (Lipinski definition) is 2. The average molecular weight is 167 g/mol. The van der Waals surface area contributed by atoms with Crippen LogP contribution in [-0.4, -0.2) is 7.11 Å². The lowest BCUT2D eigenvalue weighted by molar-refractivity contribution is 0.411. The Hall–Kier alpha value is -1.51. The lowest BCUT2D eigenvalue weighted by atomic mass is 10.2. The number of ether oxygens (including phenoxy) is 1. The van der Waals surface area contributed by atoms with Crippen LogP contribution in [0.5, 0.6) is 5.75 Å². The summed E-state index contributed by atoms with van der Waals surface area (Å²) in [5.74, 6) is 0.158. The van der Waals surface area contributed by atoms with Gasteiger partial charge in [0.25, 0.3) is 0 Å². The molecule has 0 atom stereocenters. The molecule has 3 heteroatoms. The van der Waals surface area contributed by atoms with Gasteiger partial charge in [-0.2, -0.15) is 0 Å². The van der Waals surface area contributed by atoms with E-state index in [1.165, 1.54) is 25.4 Å². The molecule has 2 N–H and O–H groups in total. The van der Waals surface area contributed by atoms with Crippen molar-refractivity contribution in [3.8, 4) is 5.75 Å². The molecule has 0 fully saturated rings. The molecule has 1 aromatic rings. The molecule has 0 amide bonds. The fourth-order valence-corrected chi connectivity index (χ4v) is 0.910. The molecule has 1 rings (SSSR count). The van der Waals surface area contributed by atoms with E-state index in [-0.39, 0.29) is 5.82 Å². The highest BCUT2D eigenvalue weighted by molar-refractivity contribution is 5.51. The van der Waals surface area contributed by atoms with Gasteiger partial charge in [0.15, 0.2) is 0 Å². The van der Waals surface area contributed by atoms with E-state index >= 15 is 0 Å². The average Bonchev–Trinajstić information content (AvgIpc) is 2.04. The third-order valence-corrected chi connectivity index (χ3v) is 1.42. The van der Waals surface area contributed by atoms with Gasteiger partial charge in [-0.15, -0.1) is 0 Å². The van der Waals surface area contributed by atoms with Crippen molar-refractivity contribution in [3.05, 3.63) is 35.8 Å². The summed E-state index contributed by atoms with van der Waals surface area (Å²) in [7, 11) is 1.49. The van der Waals surface area contributed by atoms with E-state index in [1.807, 2.05) is 0 Å². The highest BCUT2D eigenvalue weighted by Crippen LogP contribution is 2.16. The third-order valence-electron chi connectivity index (χ3n) is 1.42. The van der Waals surface area contributed by atoms with Gasteiger partial charge in [-0.25, -0.2) is 4.39 Å². The largest absolute Gasteiger partial charge is 0.497 e. The summed E-state index contributed by atoms with van der Waals surface area (Å²) < 4.78 is 17.7. The van der Waals surface area contributed by atoms with Crippen molar-refractivity contribution in [1.82, 2.24) is 0 Å². The molecule has 0 aliphatic carbocycles. The second kappa shape index (κ2) is 3.76. The quantitative estimate of drug-likeness (QED) is 0.728. The molecule has 0 aromatic heterocycles. The Morgan fingerprint density at radius 1 is 1.42 bits per heavy atom. The Morgan fingerprint density at radius 2 is 2.17 bits per heavy atom. The molecule has 0 saturated heterocycles. The van der Waals surface area contributed by atoms with E-state index in [9.17, 15) is 4.39 Å². The maximum absolute atomic E-state index is 12.8. The predicted molar refractivity (Wildman–Crippen MR) is 46.2 cm³/mol. The lowest BCUT2D eigenvalue weighted by Gasteiger charge is -2.00. The third kappa shape index (κ3) is 1.99. The first-order valence-electron chi connectivity index (χ1n) is 3.49. The molecule has 0 saturated carbocycles. The molecular weight excluding hydrogens is 157 g/mol. The maximum atomic E-state index is 12.8. The minimum atomic E-state index is -0.331. The number of methoxy groups -OCH3 is 1. The molecule has 2 nitrogen and oxygen atoms in total. The number of halogens is 1. The van der Waals surface area contributed by atoms with Crippen LogP contribution in [-0.2, 0) is 0 Å². The summed E-state index contributed by atoms with van der Waals surface area (Å²) >= 11 is 0. The molecule has 0 bridgehead atoms. The first-order chi connectivity index (χ1) is 5.76. The number of benzene rings is 1. The van der Waals surface area contributed by atoms with E-state index in [1.54, 1.807) is 12.1 Å². The van der Waals surface area contributed by atoms with Crippen LogP contribution in [0.15, 0.2) is 24.4 Å². The van der Waals surface area contributed by atoms with Gasteiger partial charge in [0, 0.05) is 6.07 Å². The summed E-state index contributed by atoms with van der Waals surface area (Å²) in [6.07, 6.45) is 2.96. The van der Waals surface area contributed by atoms with E-state index in [4.69, 9.17) is 10.5 Å². The number of rotatable bonds is 2. The van der Waals surface area contributed by atoms with Crippen molar-refractivity contribution in [2.24, 2.45) is 5.73 Å². The zero-order chi connectivity index (χ0) is 8.97. The van der Waals surface area contributed by atoms with Gasteiger partial charge >= 0.3 is 0 Å². The second-order valence-corrected chi connectivity index (χ2v) is 2.28. The maximum Gasteiger partial charge on any atom is 0.127 e. The lowest BCUT2D eigenvalue weighted by Crippen LogP contribution is -1.86. The monoisotopic (exact) mass is 167 g/mol. The molecule has 0 radical (unpaired) electrons. The topological polar surface area (TPSA) is 35.2 Å². The van der Waals surface area contributed by atoms with Crippen LogP contribution in [0.1, 0.15) is 5.56 Å². The van der Waals surface area contributed by atoms with Crippen molar-refractivity contribution >= 4 is 6.08 Å². The smallest absolute Gasteiger partial charge is 0.127 e. The minimum absolute atomic E-state index is 0.331. The molecular formula is C9H10FNO. The van der Waals surface area contributed by atoms with Gasteiger partial charge in [0.2, 0.25) is 0 Å². The van der Waals surface area contributed by atoms with Gasteiger partial charge < -0.3 is 10.5 Å². The van der Waals surface area contributed by atoms with Crippen LogP contribution < -0.4 is 10.5 Å². The van der Waals surface area contributed by atoms with Crippen LogP contribution in [0.2, 0.25) is 0 Å². The van der Waals surface area contributed by atoms with E-state index in [0.29, 0.717) is 11.3 Å². The van der Waals surface area contributed by atoms with Gasteiger partial charge in [0.05, 0.1) is 7.11 Å². The molecule has 12 heavy (non-hydrogen) atoms. The first-order valence-corrected chi connectivity index (χ1v) is 3.49. The highest BCUT2D eigenvalue weighted by atomic mass is 19.1. The molecule has 0 aliphatic rings. The van der Waals surface area contributed by atoms with Crippen molar-refractivity contribution in [2.75, 3.05) is 7.11 Å². The Balaban J connectivity index is 3.06. The number of nitrogens with two attached hydrogens (primary N) is 1. The van der Waals surface area contributed by atoms with Crippen molar-refractivity contribution in [1.29, 1.82) is 0 Å². The van der Waals surface area contributed by atoms with Crippen molar-refractivity contribution in [3.63, 3.8) is 0 Å². The van der Waals surface area contributed by atoms with E-state index < -0.39 is 0 Å². The van der Waals surface area contributed by atoms with Crippen LogP contribution in [0, 0.1) is 5.82 Å². The molecule has 0 heterocycles. The summed E-state index contributed by atoms with van der Waals surface area (Å²) in [6.45, 7) is 0. The summed E-state index contributed by atoms with van der Waals surface area (Å²) in [4.78, 5) is 0. The summed E-state index contributed by atoms with van der Waals surface area (Å²) in [5.41, 5.74) is 5.85. The van der Waals surface area contributed by atoms with E-state index in [2.05, 4.69) is 0 Å². The zero-order valence-corrected chi connectivity index (χ0v) is 6.75.